The minimum atomic E-state index is -1.30. The van der Waals surface area contributed by atoms with Gasteiger partial charge in [-0.05, 0) is 35.7 Å². The molecule has 0 spiro atoms. The Hall–Kier alpha value is -1.84. The normalized spacial score (nSPS) is 25.5. The molecule has 0 aliphatic carbocycles. The molecule has 2 aromatic rings. The molecule has 3 N–H and O–H groups in total. The first-order chi connectivity index (χ1) is 9.06. The van der Waals surface area contributed by atoms with Crippen LogP contribution in [0.3, 0.4) is 0 Å². The van der Waals surface area contributed by atoms with Crippen molar-refractivity contribution >= 4 is 0 Å². The molecule has 3 nitrogen and oxygen atoms in total. The van der Waals surface area contributed by atoms with Gasteiger partial charge in [-0.3, -0.25) is 0 Å². The van der Waals surface area contributed by atoms with Gasteiger partial charge in [0.1, 0.15) is 11.9 Å². The first-order valence-corrected chi connectivity index (χ1v) is 6.42. The Labute approximate surface area is 112 Å². The van der Waals surface area contributed by atoms with Gasteiger partial charge in [-0.1, -0.05) is 36.4 Å². The van der Waals surface area contributed by atoms with Crippen molar-refractivity contribution in [2.75, 3.05) is 0 Å². The Kier molecular flexibility index (Phi) is 2.81. The third-order valence-corrected chi connectivity index (χ3v) is 3.65. The Morgan fingerprint density at radius 3 is 2.63 bits per heavy atom. The summed E-state index contributed by atoms with van der Waals surface area (Å²) in [5.41, 5.74) is 7.75. The Morgan fingerprint density at radius 2 is 1.89 bits per heavy atom. The summed E-state index contributed by atoms with van der Waals surface area (Å²) in [6, 6.07) is 16.1. The van der Waals surface area contributed by atoms with Gasteiger partial charge in [0.05, 0.1) is 0 Å². The zero-order valence-electron chi connectivity index (χ0n) is 10.8. The second-order valence-electron chi connectivity index (χ2n) is 5.12. The van der Waals surface area contributed by atoms with Crippen LogP contribution in [0.25, 0.3) is 11.1 Å². The van der Waals surface area contributed by atoms with Gasteiger partial charge in [-0.15, -0.1) is 0 Å². The lowest BCUT2D eigenvalue weighted by atomic mass is 9.92. The summed E-state index contributed by atoms with van der Waals surface area (Å²) in [5.74, 6) is 0.808. The fourth-order valence-electron chi connectivity index (χ4n) is 2.38. The Bertz CT molecular complexity index is 593. The molecule has 2 atom stereocenters. The highest BCUT2D eigenvalue weighted by atomic mass is 16.5. The topological polar surface area (TPSA) is 55.5 Å². The molecule has 0 amide bonds. The van der Waals surface area contributed by atoms with E-state index in [-0.39, 0.29) is 0 Å². The van der Waals surface area contributed by atoms with E-state index in [1.54, 1.807) is 6.92 Å². The van der Waals surface area contributed by atoms with Crippen LogP contribution < -0.4 is 10.5 Å². The number of nitrogens with two attached hydrogens (primary N) is 1. The van der Waals surface area contributed by atoms with E-state index in [0.29, 0.717) is 6.42 Å². The van der Waals surface area contributed by atoms with E-state index in [2.05, 4.69) is 12.1 Å². The molecule has 0 bridgehead atoms. The van der Waals surface area contributed by atoms with Crippen LogP contribution in [-0.2, 0) is 6.42 Å². The van der Waals surface area contributed by atoms with Crippen molar-refractivity contribution in [3.8, 4) is 16.9 Å². The van der Waals surface area contributed by atoms with Crippen LogP contribution in [0.1, 0.15) is 12.5 Å². The molecule has 1 heterocycles. The highest BCUT2D eigenvalue weighted by molar-refractivity contribution is 5.66. The second kappa shape index (κ2) is 4.37. The average molecular weight is 255 g/mol. The molecular formula is C16H17NO2. The predicted octanol–water partition coefficient (Wildman–Crippen LogP) is 2.32. The van der Waals surface area contributed by atoms with Crippen molar-refractivity contribution in [2.24, 2.45) is 5.73 Å². The summed E-state index contributed by atoms with van der Waals surface area (Å²) in [6.07, 6.45) is 0.00652. The van der Waals surface area contributed by atoms with Crippen molar-refractivity contribution in [3.05, 3.63) is 54.1 Å². The van der Waals surface area contributed by atoms with Crippen LogP contribution in [0.15, 0.2) is 48.5 Å². The maximum absolute atomic E-state index is 10.1. The van der Waals surface area contributed by atoms with E-state index in [4.69, 9.17) is 10.5 Å². The monoisotopic (exact) mass is 255 g/mol. The van der Waals surface area contributed by atoms with Gasteiger partial charge in [0.15, 0.2) is 5.72 Å². The maximum atomic E-state index is 10.1. The highest BCUT2D eigenvalue weighted by Crippen LogP contribution is 2.34. The first-order valence-electron chi connectivity index (χ1n) is 6.42. The summed E-state index contributed by atoms with van der Waals surface area (Å²) in [5, 5.41) is 10.1. The molecule has 0 radical (unpaired) electrons. The summed E-state index contributed by atoms with van der Waals surface area (Å²) in [7, 11) is 0. The van der Waals surface area contributed by atoms with Crippen molar-refractivity contribution in [3.63, 3.8) is 0 Å². The Balaban J connectivity index is 2.01. The van der Waals surface area contributed by atoms with Gasteiger partial charge < -0.3 is 15.6 Å². The van der Waals surface area contributed by atoms with E-state index >= 15 is 0 Å². The number of aliphatic hydroxyl groups is 1. The fourth-order valence-corrected chi connectivity index (χ4v) is 2.38. The molecule has 2 aromatic carbocycles. The molecular weight excluding hydrogens is 238 g/mol. The van der Waals surface area contributed by atoms with Gasteiger partial charge in [0.2, 0.25) is 0 Å². The minimum Gasteiger partial charge on any atom is -0.486 e. The number of fused-ring (bicyclic) bond motifs is 1. The minimum absolute atomic E-state index is 0.400. The standard InChI is InChI=1S/C16H17NO2/c1-11-16(17,18)10-14-9-13(7-8-15(14)19-11)12-5-3-2-4-6-12/h2-9,11,18H,10,17H2,1H3. The molecule has 3 heteroatoms. The zero-order valence-corrected chi connectivity index (χ0v) is 10.8. The van der Waals surface area contributed by atoms with Crippen LogP contribution in [-0.4, -0.2) is 16.9 Å². The van der Waals surface area contributed by atoms with Crippen LogP contribution >= 0.6 is 0 Å². The first kappa shape index (κ1) is 12.2. The van der Waals surface area contributed by atoms with Crippen molar-refractivity contribution in [2.45, 2.75) is 25.2 Å². The molecule has 2 unspecified atom stereocenters. The van der Waals surface area contributed by atoms with Crippen molar-refractivity contribution in [1.82, 2.24) is 0 Å². The van der Waals surface area contributed by atoms with E-state index in [0.717, 1.165) is 22.4 Å². The van der Waals surface area contributed by atoms with E-state index < -0.39 is 11.8 Å². The lowest BCUT2D eigenvalue weighted by Crippen LogP contribution is -2.55. The smallest absolute Gasteiger partial charge is 0.154 e. The lowest BCUT2D eigenvalue weighted by Gasteiger charge is -2.36. The zero-order chi connectivity index (χ0) is 13.5. The van der Waals surface area contributed by atoms with Gasteiger partial charge in [-0.2, -0.15) is 0 Å². The summed E-state index contributed by atoms with van der Waals surface area (Å²) in [6.45, 7) is 1.79. The van der Waals surface area contributed by atoms with Gasteiger partial charge in [-0.25, -0.2) is 0 Å². The van der Waals surface area contributed by atoms with Gasteiger partial charge in [0.25, 0.3) is 0 Å². The molecule has 0 saturated carbocycles. The average Bonchev–Trinajstić information content (AvgIpc) is 2.40. The van der Waals surface area contributed by atoms with E-state index in [1.807, 2.05) is 36.4 Å². The number of ether oxygens (including phenoxy) is 1. The van der Waals surface area contributed by atoms with E-state index in [9.17, 15) is 5.11 Å². The van der Waals surface area contributed by atoms with Crippen LogP contribution in [0.4, 0.5) is 0 Å². The van der Waals surface area contributed by atoms with E-state index in [1.165, 1.54) is 0 Å². The van der Waals surface area contributed by atoms with Gasteiger partial charge in [0, 0.05) is 6.42 Å². The maximum Gasteiger partial charge on any atom is 0.154 e. The van der Waals surface area contributed by atoms with Crippen molar-refractivity contribution in [1.29, 1.82) is 0 Å². The number of hydrogen-bond acceptors (Lipinski definition) is 3. The Morgan fingerprint density at radius 1 is 1.16 bits per heavy atom. The summed E-state index contributed by atoms with van der Waals surface area (Å²) < 4.78 is 5.66. The molecule has 1 aliphatic heterocycles. The van der Waals surface area contributed by atoms with Crippen LogP contribution in [0.5, 0.6) is 5.75 Å². The number of benzene rings is 2. The van der Waals surface area contributed by atoms with Crippen molar-refractivity contribution < 1.29 is 9.84 Å². The van der Waals surface area contributed by atoms with Gasteiger partial charge >= 0.3 is 0 Å². The SMILES string of the molecule is CC1Oc2ccc(-c3ccccc3)cc2CC1(N)O. The molecule has 1 aliphatic rings. The molecule has 3 rings (SSSR count). The van der Waals surface area contributed by atoms with Crippen LogP contribution in [0, 0.1) is 0 Å². The second-order valence-corrected chi connectivity index (χ2v) is 5.12. The van der Waals surface area contributed by atoms with Crippen LogP contribution in [0.2, 0.25) is 0 Å². The molecule has 0 aromatic heterocycles. The lowest BCUT2D eigenvalue weighted by molar-refractivity contribution is -0.0608. The molecule has 0 fully saturated rings. The third kappa shape index (κ3) is 2.23. The molecule has 0 saturated heterocycles. The largest absolute Gasteiger partial charge is 0.486 e. The number of hydrogen-bond donors (Lipinski definition) is 2. The summed E-state index contributed by atoms with van der Waals surface area (Å²) >= 11 is 0. The quantitative estimate of drug-likeness (QED) is 0.769. The molecule has 19 heavy (non-hydrogen) atoms. The highest BCUT2D eigenvalue weighted by Gasteiger charge is 2.36. The predicted molar refractivity (Wildman–Crippen MR) is 74.8 cm³/mol. The third-order valence-electron chi connectivity index (χ3n) is 3.65. The fraction of sp³-hybridized carbons (Fsp3) is 0.250. The summed E-state index contributed by atoms with van der Waals surface area (Å²) in [4.78, 5) is 0. The molecule has 98 valence electrons. The number of rotatable bonds is 1.